The van der Waals surface area contributed by atoms with Crippen LogP contribution in [-0.2, 0) is 12.8 Å². The van der Waals surface area contributed by atoms with E-state index in [2.05, 4.69) is 0 Å². The molecule has 0 fully saturated rings. The highest BCUT2D eigenvalue weighted by Gasteiger charge is 2.26. The molecular weight excluding hydrogens is 368 g/mol. The van der Waals surface area contributed by atoms with Gasteiger partial charge < -0.3 is 19.4 Å². The average molecular weight is 396 g/mol. The minimum absolute atomic E-state index is 0.101. The molecule has 0 aliphatic rings. The maximum atomic E-state index is 13.3. The van der Waals surface area contributed by atoms with Gasteiger partial charge >= 0.3 is 0 Å². The molecule has 0 aliphatic carbocycles. The minimum atomic E-state index is -0.536. The van der Waals surface area contributed by atoms with Crippen molar-refractivity contribution in [2.75, 3.05) is 6.61 Å². The van der Waals surface area contributed by atoms with Gasteiger partial charge in [-0.05, 0) is 19.3 Å². The van der Waals surface area contributed by atoms with E-state index in [9.17, 15) is 15.0 Å². The molecule has 0 atom stereocenters. The maximum Gasteiger partial charge on any atom is 0.238 e. The van der Waals surface area contributed by atoms with Gasteiger partial charge in [0, 0.05) is 16.7 Å². The molecule has 0 amide bonds. The zero-order chi connectivity index (χ0) is 21.0. The third-order valence-corrected chi connectivity index (χ3v) is 4.92. The molecule has 2 N–H and O–H groups in total. The molecule has 5 nitrogen and oxygen atoms in total. The summed E-state index contributed by atoms with van der Waals surface area (Å²) in [5, 5.41) is 21.9. The molecule has 0 bridgehead atoms. The second-order valence-electron chi connectivity index (χ2n) is 7.16. The van der Waals surface area contributed by atoms with Crippen molar-refractivity contribution in [1.29, 1.82) is 0 Å². The molecule has 0 radical (unpaired) electrons. The first-order valence-corrected chi connectivity index (χ1v) is 10.3. The summed E-state index contributed by atoms with van der Waals surface area (Å²) in [5.74, 6) is 0.107. The Hall–Kier alpha value is -2.95. The van der Waals surface area contributed by atoms with Gasteiger partial charge in [0.15, 0.2) is 5.76 Å². The third kappa shape index (κ3) is 3.82. The van der Waals surface area contributed by atoms with Crippen LogP contribution in [0.25, 0.3) is 22.3 Å². The standard InChI is InChI=1S/C24H28O5/c1-4-10-16-19(25)17(11-5-2)24-18(23(16)28-14-6-3)20(26)21(27)22(29-24)15-12-8-7-9-13-15/h7-9,12-13,25,27H,4-6,10-11,14H2,1-3H3. The molecule has 2 aromatic carbocycles. The molecule has 0 aliphatic heterocycles. The van der Waals surface area contributed by atoms with Crippen LogP contribution >= 0.6 is 0 Å². The molecule has 29 heavy (non-hydrogen) atoms. The third-order valence-electron chi connectivity index (χ3n) is 4.92. The van der Waals surface area contributed by atoms with Crippen molar-refractivity contribution in [3.8, 4) is 28.6 Å². The molecular formula is C24H28O5. The second-order valence-corrected chi connectivity index (χ2v) is 7.16. The first-order chi connectivity index (χ1) is 14.0. The van der Waals surface area contributed by atoms with Gasteiger partial charge in [0.2, 0.25) is 11.2 Å². The second kappa shape index (κ2) is 9.03. The summed E-state index contributed by atoms with van der Waals surface area (Å²) >= 11 is 0. The Labute approximate surface area is 170 Å². The lowest BCUT2D eigenvalue weighted by molar-refractivity contribution is 0.314. The van der Waals surface area contributed by atoms with Gasteiger partial charge in [-0.25, -0.2) is 0 Å². The smallest absolute Gasteiger partial charge is 0.238 e. The average Bonchev–Trinajstić information content (AvgIpc) is 2.74. The van der Waals surface area contributed by atoms with Gasteiger partial charge in [-0.15, -0.1) is 0 Å². The molecule has 3 aromatic rings. The van der Waals surface area contributed by atoms with Crippen LogP contribution in [0.1, 0.15) is 51.2 Å². The summed E-state index contributed by atoms with van der Waals surface area (Å²) in [6, 6.07) is 9.00. The molecule has 1 aromatic heterocycles. The highest BCUT2D eigenvalue weighted by Crippen LogP contribution is 2.43. The summed E-state index contributed by atoms with van der Waals surface area (Å²) in [4.78, 5) is 13.3. The molecule has 3 rings (SSSR count). The van der Waals surface area contributed by atoms with Crippen LogP contribution in [0.2, 0.25) is 0 Å². The Balaban J connectivity index is 2.45. The molecule has 0 saturated heterocycles. The normalized spacial score (nSPS) is 11.1. The van der Waals surface area contributed by atoms with Gasteiger partial charge in [-0.3, -0.25) is 4.79 Å². The summed E-state index contributed by atoms with van der Waals surface area (Å²) in [5.41, 5.74) is 1.54. The van der Waals surface area contributed by atoms with Crippen LogP contribution in [0.3, 0.4) is 0 Å². The van der Waals surface area contributed by atoms with E-state index in [1.165, 1.54) is 0 Å². The molecule has 0 saturated carbocycles. The quantitative estimate of drug-likeness (QED) is 0.521. The Bertz CT molecular complexity index is 1050. The SMILES string of the molecule is CCCOc1c(CCC)c(O)c(CCC)c2oc(-c3ccccc3)c(O)c(=O)c12. The monoisotopic (exact) mass is 396 g/mol. The zero-order valence-electron chi connectivity index (χ0n) is 17.2. The lowest BCUT2D eigenvalue weighted by Gasteiger charge is -2.19. The summed E-state index contributed by atoms with van der Waals surface area (Å²) in [6.07, 6.45) is 3.43. The Morgan fingerprint density at radius 2 is 1.55 bits per heavy atom. The first kappa shape index (κ1) is 20.8. The molecule has 5 heteroatoms. The topological polar surface area (TPSA) is 79.9 Å². The number of phenols is 1. The van der Waals surface area contributed by atoms with Crippen LogP contribution in [0, 0.1) is 0 Å². The van der Waals surface area contributed by atoms with Gasteiger partial charge in [0.25, 0.3) is 0 Å². The highest BCUT2D eigenvalue weighted by molar-refractivity contribution is 5.93. The van der Waals surface area contributed by atoms with Gasteiger partial charge in [-0.1, -0.05) is 63.9 Å². The number of ether oxygens (including phenoxy) is 1. The van der Waals surface area contributed by atoms with E-state index in [4.69, 9.17) is 9.15 Å². The van der Waals surface area contributed by atoms with Crippen molar-refractivity contribution in [2.45, 2.75) is 52.9 Å². The number of aromatic hydroxyl groups is 2. The van der Waals surface area contributed by atoms with Crippen molar-refractivity contribution < 1.29 is 19.4 Å². The van der Waals surface area contributed by atoms with E-state index in [-0.39, 0.29) is 22.5 Å². The van der Waals surface area contributed by atoms with Gasteiger partial charge in [-0.2, -0.15) is 0 Å². The van der Waals surface area contributed by atoms with Gasteiger partial charge in [0.05, 0.1) is 6.61 Å². The Kier molecular flexibility index (Phi) is 6.47. The molecule has 154 valence electrons. The lowest BCUT2D eigenvalue weighted by Crippen LogP contribution is -2.10. The number of phenolic OH excluding ortho intramolecular Hbond substituents is 1. The van der Waals surface area contributed by atoms with Crippen LogP contribution in [0.5, 0.6) is 17.2 Å². The summed E-state index contributed by atoms with van der Waals surface area (Å²) in [6.45, 7) is 6.38. The van der Waals surface area contributed by atoms with E-state index in [0.717, 1.165) is 19.3 Å². The predicted octanol–water partition coefficient (Wildman–Crippen LogP) is 5.57. The van der Waals surface area contributed by atoms with E-state index < -0.39 is 11.2 Å². The number of aryl methyl sites for hydroxylation is 1. The fourth-order valence-corrected chi connectivity index (χ4v) is 3.61. The fourth-order valence-electron chi connectivity index (χ4n) is 3.61. The molecule has 0 spiro atoms. The predicted molar refractivity (Wildman–Crippen MR) is 115 cm³/mol. The van der Waals surface area contributed by atoms with Crippen molar-refractivity contribution in [2.24, 2.45) is 0 Å². The van der Waals surface area contributed by atoms with Crippen LogP contribution in [-0.4, -0.2) is 16.8 Å². The van der Waals surface area contributed by atoms with E-state index in [0.29, 0.717) is 41.9 Å². The number of hydrogen-bond donors (Lipinski definition) is 2. The van der Waals surface area contributed by atoms with Crippen LogP contribution in [0.15, 0.2) is 39.5 Å². The van der Waals surface area contributed by atoms with Crippen LogP contribution < -0.4 is 10.2 Å². The van der Waals surface area contributed by atoms with Crippen molar-refractivity contribution in [1.82, 2.24) is 0 Å². The number of fused-ring (bicyclic) bond motifs is 1. The van der Waals surface area contributed by atoms with Crippen molar-refractivity contribution in [3.05, 3.63) is 51.7 Å². The van der Waals surface area contributed by atoms with Crippen molar-refractivity contribution in [3.63, 3.8) is 0 Å². The van der Waals surface area contributed by atoms with E-state index >= 15 is 0 Å². The Morgan fingerprint density at radius 1 is 0.897 bits per heavy atom. The zero-order valence-corrected chi connectivity index (χ0v) is 17.2. The summed E-state index contributed by atoms with van der Waals surface area (Å²) < 4.78 is 12.0. The van der Waals surface area contributed by atoms with Gasteiger partial charge in [0.1, 0.15) is 22.5 Å². The summed E-state index contributed by atoms with van der Waals surface area (Å²) in [7, 11) is 0. The maximum absolute atomic E-state index is 13.3. The van der Waals surface area contributed by atoms with E-state index in [1.807, 2.05) is 39.0 Å². The highest BCUT2D eigenvalue weighted by atomic mass is 16.5. The van der Waals surface area contributed by atoms with Crippen LogP contribution in [0.4, 0.5) is 0 Å². The number of benzene rings is 2. The first-order valence-electron chi connectivity index (χ1n) is 10.3. The molecule has 0 unspecified atom stereocenters. The fraction of sp³-hybridized carbons (Fsp3) is 0.375. The largest absolute Gasteiger partial charge is 0.507 e. The molecule has 1 heterocycles. The lowest BCUT2D eigenvalue weighted by atomic mass is 9.96. The number of hydrogen-bond acceptors (Lipinski definition) is 5. The minimum Gasteiger partial charge on any atom is -0.507 e. The van der Waals surface area contributed by atoms with E-state index in [1.54, 1.807) is 12.1 Å². The Morgan fingerprint density at radius 3 is 2.17 bits per heavy atom. The van der Waals surface area contributed by atoms with Crippen molar-refractivity contribution >= 4 is 11.0 Å². The number of rotatable bonds is 8.